The molecule has 0 bridgehead atoms. The number of ether oxygens (including phenoxy) is 1. The van der Waals surface area contributed by atoms with Crippen LogP contribution in [0, 0.1) is 5.41 Å². The van der Waals surface area contributed by atoms with E-state index in [0.29, 0.717) is 6.10 Å². The monoisotopic (exact) mass is 293 g/mol. The Morgan fingerprint density at radius 2 is 1.48 bits per heavy atom. The highest BCUT2D eigenvalue weighted by atomic mass is 16.5. The van der Waals surface area contributed by atoms with Crippen molar-refractivity contribution in [2.45, 2.75) is 65.0 Å². The van der Waals surface area contributed by atoms with Crippen molar-refractivity contribution in [2.75, 3.05) is 13.2 Å². The van der Waals surface area contributed by atoms with Crippen molar-refractivity contribution in [3.8, 4) is 0 Å². The molecule has 122 valence electrons. The second-order valence-electron chi connectivity index (χ2n) is 6.89. The first-order valence-corrected chi connectivity index (χ1v) is 8.00. The predicted octanol–water partition coefficient (Wildman–Crippen LogP) is 4.88. The van der Waals surface area contributed by atoms with Crippen LogP contribution in [-0.2, 0) is 4.74 Å². The average molecular weight is 293 g/mol. The second kappa shape index (κ2) is 9.97. The molecule has 0 saturated carbocycles. The van der Waals surface area contributed by atoms with Crippen LogP contribution in [0.3, 0.4) is 0 Å². The molecule has 0 aliphatic carbocycles. The van der Waals surface area contributed by atoms with E-state index < -0.39 is 0 Å². The van der Waals surface area contributed by atoms with Gasteiger partial charge in [-0.05, 0) is 58.8 Å². The normalized spacial score (nSPS) is 12.4. The van der Waals surface area contributed by atoms with Crippen molar-refractivity contribution in [3.63, 3.8) is 0 Å². The van der Waals surface area contributed by atoms with Gasteiger partial charge in [0.15, 0.2) is 0 Å². The van der Waals surface area contributed by atoms with Crippen molar-refractivity contribution in [2.24, 2.45) is 5.41 Å². The lowest BCUT2D eigenvalue weighted by atomic mass is 9.77. The fourth-order valence-corrected chi connectivity index (χ4v) is 2.45. The Balaban J connectivity index is 4.58. The fourth-order valence-electron chi connectivity index (χ4n) is 2.45. The molecule has 2 heteroatoms. The summed E-state index contributed by atoms with van der Waals surface area (Å²) in [5, 5.41) is 3.70. The van der Waals surface area contributed by atoms with E-state index in [1.807, 2.05) is 18.2 Å². The van der Waals surface area contributed by atoms with Gasteiger partial charge in [0, 0.05) is 18.7 Å². The van der Waals surface area contributed by atoms with Crippen molar-refractivity contribution in [1.82, 2.24) is 5.32 Å². The molecule has 1 N–H and O–H groups in total. The van der Waals surface area contributed by atoms with Crippen LogP contribution in [0.2, 0.25) is 0 Å². The summed E-state index contributed by atoms with van der Waals surface area (Å²) in [6.07, 6.45) is 10.2. The zero-order valence-corrected chi connectivity index (χ0v) is 14.6. The van der Waals surface area contributed by atoms with Crippen LogP contribution in [0.4, 0.5) is 0 Å². The summed E-state index contributed by atoms with van der Waals surface area (Å²) in [6.45, 7) is 22.1. The molecule has 0 aromatic carbocycles. The predicted molar refractivity (Wildman–Crippen MR) is 94.7 cm³/mol. The Bertz CT molecular complexity index is 291. The molecule has 0 atom stereocenters. The highest BCUT2D eigenvalue weighted by molar-refractivity contribution is 4.98. The van der Waals surface area contributed by atoms with Crippen LogP contribution in [0.25, 0.3) is 0 Å². The van der Waals surface area contributed by atoms with E-state index in [0.717, 1.165) is 38.8 Å². The third kappa shape index (κ3) is 8.90. The summed E-state index contributed by atoms with van der Waals surface area (Å²) < 4.78 is 5.66. The van der Waals surface area contributed by atoms with E-state index in [9.17, 15) is 0 Å². The van der Waals surface area contributed by atoms with Gasteiger partial charge < -0.3 is 10.1 Å². The zero-order valence-electron chi connectivity index (χ0n) is 14.6. The largest absolute Gasteiger partial charge is 0.379 e. The molecule has 0 spiro atoms. The van der Waals surface area contributed by atoms with Crippen molar-refractivity contribution in [1.29, 1.82) is 0 Å². The van der Waals surface area contributed by atoms with Crippen molar-refractivity contribution in [3.05, 3.63) is 38.0 Å². The molecular formula is C19H35NO. The van der Waals surface area contributed by atoms with E-state index in [4.69, 9.17) is 4.74 Å². The number of rotatable bonds is 13. The van der Waals surface area contributed by atoms with Crippen LogP contribution in [0.5, 0.6) is 0 Å². The van der Waals surface area contributed by atoms with Gasteiger partial charge in [-0.3, -0.25) is 0 Å². The minimum Gasteiger partial charge on any atom is -0.379 e. The number of hydrogen-bond acceptors (Lipinski definition) is 2. The molecular weight excluding hydrogens is 258 g/mol. The topological polar surface area (TPSA) is 21.3 Å². The summed E-state index contributed by atoms with van der Waals surface area (Å²) in [5.74, 6) is 0. The summed E-state index contributed by atoms with van der Waals surface area (Å²) in [5.41, 5.74) is 0.199. The lowest BCUT2D eigenvalue weighted by molar-refractivity contribution is 0.0621. The van der Waals surface area contributed by atoms with E-state index >= 15 is 0 Å². The van der Waals surface area contributed by atoms with Gasteiger partial charge in [-0.25, -0.2) is 0 Å². The quantitative estimate of drug-likeness (QED) is 0.488. The summed E-state index contributed by atoms with van der Waals surface area (Å²) in [4.78, 5) is 0. The third-order valence-corrected chi connectivity index (χ3v) is 3.85. The van der Waals surface area contributed by atoms with Crippen molar-refractivity contribution < 1.29 is 4.74 Å². The maximum atomic E-state index is 5.66. The standard InChI is InChI=1S/C19H35NO/c1-8-11-19(12-9-2,13-10-3)16-20-18(6,7)14-15-21-17(4)5/h8-10,17,20H,1-3,11-16H2,4-7H3. The maximum Gasteiger partial charge on any atom is 0.0518 e. The van der Waals surface area contributed by atoms with Gasteiger partial charge in [0.25, 0.3) is 0 Å². The Hall–Kier alpha value is -0.860. The minimum atomic E-state index is 0.0592. The van der Waals surface area contributed by atoms with Gasteiger partial charge in [-0.2, -0.15) is 0 Å². The van der Waals surface area contributed by atoms with Gasteiger partial charge in [-0.15, -0.1) is 19.7 Å². The molecule has 0 saturated heterocycles. The molecule has 0 aliphatic heterocycles. The van der Waals surface area contributed by atoms with Crippen LogP contribution in [0.15, 0.2) is 38.0 Å². The average Bonchev–Trinajstić information content (AvgIpc) is 2.37. The molecule has 0 aromatic heterocycles. The summed E-state index contributed by atoms with van der Waals surface area (Å²) in [6, 6.07) is 0. The molecule has 0 rings (SSSR count). The Morgan fingerprint density at radius 1 is 1.00 bits per heavy atom. The summed E-state index contributed by atoms with van der Waals surface area (Å²) in [7, 11) is 0. The molecule has 0 unspecified atom stereocenters. The van der Waals surface area contributed by atoms with E-state index in [2.05, 4.69) is 52.7 Å². The van der Waals surface area contributed by atoms with Gasteiger partial charge in [0.05, 0.1) is 6.10 Å². The SMILES string of the molecule is C=CCC(CC=C)(CC=C)CNC(C)(C)CCOC(C)C. The molecule has 0 heterocycles. The molecule has 0 radical (unpaired) electrons. The second-order valence-corrected chi connectivity index (χ2v) is 6.89. The van der Waals surface area contributed by atoms with Crippen LogP contribution >= 0.6 is 0 Å². The Labute approximate surface area is 132 Å². The lowest BCUT2D eigenvalue weighted by Gasteiger charge is -2.36. The number of allylic oxidation sites excluding steroid dienone is 3. The summed E-state index contributed by atoms with van der Waals surface area (Å²) >= 11 is 0. The third-order valence-electron chi connectivity index (χ3n) is 3.85. The highest BCUT2D eigenvalue weighted by Crippen LogP contribution is 2.32. The fraction of sp³-hybridized carbons (Fsp3) is 0.684. The van der Waals surface area contributed by atoms with Crippen molar-refractivity contribution >= 4 is 0 Å². The first-order valence-electron chi connectivity index (χ1n) is 8.00. The Morgan fingerprint density at radius 3 is 1.86 bits per heavy atom. The van der Waals surface area contributed by atoms with E-state index in [1.54, 1.807) is 0 Å². The van der Waals surface area contributed by atoms with Crippen LogP contribution in [-0.4, -0.2) is 24.8 Å². The minimum absolute atomic E-state index is 0.0592. The first kappa shape index (κ1) is 20.1. The van der Waals surface area contributed by atoms with Gasteiger partial charge in [0.2, 0.25) is 0 Å². The van der Waals surface area contributed by atoms with Crippen LogP contribution in [0.1, 0.15) is 53.4 Å². The molecule has 0 aliphatic rings. The van der Waals surface area contributed by atoms with Gasteiger partial charge in [0.1, 0.15) is 0 Å². The Kier molecular flexibility index (Phi) is 9.56. The number of hydrogen-bond donors (Lipinski definition) is 1. The van der Waals surface area contributed by atoms with Gasteiger partial charge >= 0.3 is 0 Å². The van der Waals surface area contributed by atoms with E-state index in [-0.39, 0.29) is 11.0 Å². The lowest BCUT2D eigenvalue weighted by Crippen LogP contribution is -2.46. The maximum absolute atomic E-state index is 5.66. The highest BCUT2D eigenvalue weighted by Gasteiger charge is 2.29. The zero-order chi connectivity index (χ0) is 16.4. The first-order chi connectivity index (χ1) is 9.81. The molecule has 0 amide bonds. The molecule has 21 heavy (non-hydrogen) atoms. The molecule has 2 nitrogen and oxygen atoms in total. The van der Waals surface area contributed by atoms with Gasteiger partial charge in [-0.1, -0.05) is 18.2 Å². The smallest absolute Gasteiger partial charge is 0.0518 e. The molecule has 0 fully saturated rings. The molecule has 0 aromatic rings. The van der Waals surface area contributed by atoms with E-state index in [1.165, 1.54) is 0 Å². The van der Waals surface area contributed by atoms with Crippen LogP contribution < -0.4 is 5.32 Å². The number of nitrogens with one attached hydrogen (secondary N) is 1.